The molecule has 0 spiro atoms. The second-order valence-electron chi connectivity index (χ2n) is 5.79. The number of hydrogen-bond donors (Lipinski definition) is 2. The summed E-state index contributed by atoms with van der Waals surface area (Å²) in [6.07, 6.45) is 0.488. The van der Waals surface area contributed by atoms with E-state index in [1.165, 1.54) is 0 Å². The average molecular weight is 262 g/mol. The number of rotatable bonds is 4. The van der Waals surface area contributed by atoms with Gasteiger partial charge in [-0.3, -0.25) is 9.59 Å². The number of benzene rings is 1. The van der Waals surface area contributed by atoms with E-state index in [0.29, 0.717) is 18.5 Å². The summed E-state index contributed by atoms with van der Waals surface area (Å²) in [5.74, 6) is -0.0966. The van der Waals surface area contributed by atoms with Gasteiger partial charge in [-0.15, -0.1) is 0 Å². The number of hydrogen-bond acceptors (Lipinski definition) is 2. The van der Waals surface area contributed by atoms with Crippen LogP contribution in [0.4, 0.5) is 0 Å². The van der Waals surface area contributed by atoms with Gasteiger partial charge in [0.1, 0.15) is 0 Å². The zero-order valence-electron chi connectivity index (χ0n) is 12.0. The van der Waals surface area contributed by atoms with Gasteiger partial charge in [0, 0.05) is 25.6 Å². The summed E-state index contributed by atoms with van der Waals surface area (Å²) in [6, 6.07) is 7.25. The lowest BCUT2D eigenvalue weighted by atomic mass is 9.92. The van der Waals surface area contributed by atoms with Crippen molar-refractivity contribution < 1.29 is 9.59 Å². The summed E-state index contributed by atoms with van der Waals surface area (Å²) in [4.78, 5) is 23.2. The lowest BCUT2D eigenvalue weighted by molar-refractivity contribution is -0.122. The Kier molecular flexibility index (Phi) is 5.10. The third-order valence-electron chi connectivity index (χ3n) is 2.60. The lowest BCUT2D eigenvalue weighted by Crippen LogP contribution is -2.27. The summed E-state index contributed by atoms with van der Waals surface area (Å²) in [6.45, 7) is 6.52. The maximum atomic E-state index is 11.7. The molecule has 19 heavy (non-hydrogen) atoms. The molecule has 0 bridgehead atoms. The summed E-state index contributed by atoms with van der Waals surface area (Å²) >= 11 is 0. The zero-order valence-corrected chi connectivity index (χ0v) is 12.0. The molecule has 0 aliphatic heterocycles. The quantitative estimate of drug-likeness (QED) is 0.873. The molecule has 0 radical (unpaired) electrons. The van der Waals surface area contributed by atoms with Crippen molar-refractivity contribution in [3.63, 3.8) is 0 Å². The second kappa shape index (κ2) is 6.36. The molecule has 2 N–H and O–H groups in total. The Balaban J connectivity index is 2.59. The third-order valence-corrected chi connectivity index (χ3v) is 2.60. The van der Waals surface area contributed by atoms with Crippen LogP contribution in [-0.2, 0) is 11.3 Å². The number of carbonyl (C=O) groups excluding carboxylic acids is 2. The molecule has 0 fully saturated rings. The fraction of sp³-hybridized carbons (Fsp3) is 0.467. The molecule has 104 valence electrons. The normalized spacial score (nSPS) is 10.9. The maximum Gasteiger partial charge on any atom is 0.251 e. The predicted molar refractivity (Wildman–Crippen MR) is 75.8 cm³/mol. The van der Waals surface area contributed by atoms with Gasteiger partial charge >= 0.3 is 0 Å². The standard InChI is InChI=1S/C15H22N2O2/c1-15(2,3)9-13(18)17-10-11-6-5-7-12(8-11)14(19)16-4/h5-8H,9-10H2,1-4H3,(H,16,19)(H,17,18). The fourth-order valence-corrected chi connectivity index (χ4v) is 1.71. The van der Waals surface area contributed by atoms with Crippen LogP contribution in [0.5, 0.6) is 0 Å². The molecule has 4 heteroatoms. The van der Waals surface area contributed by atoms with Gasteiger partial charge < -0.3 is 10.6 Å². The van der Waals surface area contributed by atoms with Crippen LogP contribution in [0.2, 0.25) is 0 Å². The molecular formula is C15H22N2O2. The first-order valence-electron chi connectivity index (χ1n) is 6.39. The summed E-state index contributed by atoms with van der Waals surface area (Å²) in [7, 11) is 1.60. The van der Waals surface area contributed by atoms with Crippen LogP contribution < -0.4 is 10.6 Å². The molecule has 1 aromatic rings. The Labute approximate surface area is 114 Å². The van der Waals surface area contributed by atoms with Crippen molar-refractivity contribution in [2.45, 2.75) is 33.7 Å². The summed E-state index contributed by atoms with van der Waals surface area (Å²) in [5, 5.41) is 5.45. The molecule has 0 saturated heterocycles. The SMILES string of the molecule is CNC(=O)c1cccc(CNC(=O)CC(C)(C)C)c1. The Hall–Kier alpha value is -1.84. The first-order valence-corrected chi connectivity index (χ1v) is 6.39. The molecular weight excluding hydrogens is 240 g/mol. The highest BCUT2D eigenvalue weighted by atomic mass is 16.2. The number of amides is 2. The minimum atomic E-state index is -0.122. The molecule has 0 atom stereocenters. The Morgan fingerprint density at radius 2 is 1.89 bits per heavy atom. The van der Waals surface area contributed by atoms with Gasteiger partial charge in [-0.2, -0.15) is 0 Å². The van der Waals surface area contributed by atoms with Crippen molar-refractivity contribution in [1.82, 2.24) is 10.6 Å². The molecule has 0 heterocycles. The predicted octanol–water partition coefficient (Wildman–Crippen LogP) is 2.10. The molecule has 0 aliphatic rings. The van der Waals surface area contributed by atoms with Crippen LogP contribution in [0, 0.1) is 5.41 Å². The third kappa shape index (κ3) is 5.55. The Bertz CT molecular complexity index is 461. The van der Waals surface area contributed by atoms with Crippen LogP contribution >= 0.6 is 0 Å². The van der Waals surface area contributed by atoms with Crippen molar-refractivity contribution >= 4 is 11.8 Å². The van der Waals surface area contributed by atoms with Gasteiger partial charge in [0.15, 0.2) is 0 Å². The largest absolute Gasteiger partial charge is 0.355 e. The maximum absolute atomic E-state index is 11.7. The molecule has 0 aliphatic carbocycles. The molecule has 0 saturated carbocycles. The van der Waals surface area contributed by atoms with Gasteiger partial charge in [-0.05, 0) is 23.1 Å². The highest BCUT2D eigenvalue weighted by molar-refractivity contribution is 5.94. The Morgan fingerprint density at radius 1 is 1.21 bits per heavy atom. The second-order valence-corrected chi connectivity index (χ2v) is 5.79. The van der Waals surface area contributed by atoms with Gasteiger partial charge in [-0.1, -0.05) is 32.9 Å². The van der Waals surface area contributed by atoms with Crippen molar-refractivity contribution in [3.8, 4) is 0 Å². The topological polar surface area (TPSA) is 58.2 Å². The van der Waals surface area contributed by atoms with Gasteiger partial charge in [0.25, 0.3) is 5.91 Å². The van der Waals surface area contributed by atoms with Crippen LogP contribution in [0.3, 0.4) is 0 Å². The minimum absolute atomic E-state index is 0.0198. The lowest BCUT2D eigenvalue weighted by Gasteiger charge is -2.17. The molecule has 0 unspecified atom stereocenters. The molecule has 1 rings (SSSR count). The highest BCUT2D eigenvalue weighted by Gasteiger charge is 2.15. The first-order chi connectivity index (χ1) is 8.81. The van der Waals surface area contributed by atoms with Gasteiger partial charge in [0.2, 0.25) is 5.91 Å². The highest BCUT2D eigenvalue weighted by Crippen LogP contribution is 2.17. The summed E-state index contributed by atoms with van der Waals surface area (Å²) in [5.41, 5.74) is 1.50. The zero-order chi connectivity index (χ0) is 14.5. The van der Waals surface area contributed by atoms with Gasteiger partial charge in [0.05, 0.1) is 0 Å². The van der Waals surface area contributed by atoms with E-state index >= 15 is 0 Å². The van der Waals surface area contributed by atoms with E-state index < -0.39 is 0 Å². The smallest absolute Gasteiger partial charge is 0.251 e. The van der Waals surface area contributed by atoms with E-state index in [9.17, 15) is 9.59 Å². The molecule has 0 aromatic heterocycles. The van der Waals surface area contributed by atoms with E-state index in [0.717, 1.165) is 5.56 Å². The van der Waals surface area contributed by atoms with E-state index in [1.807, 2.05) is 32.9 Å². The van der Waals surface area contributed by atoms with Crippen LogP contribution in [0.15, 0.2) is 24.3 Å². The first kappa shape index (κ1) is 15.2. The van der Waals surface area contributed by atoms with Crippen LogP contribution in [0.1, 0.15) is 43.1 Å². The molecule has 1 aromatic carbocycles. The van der Waals surface area contributed by atoms with Crippen LogP contribution in [0.25, 0.3) is 0 Å². The van der Waals surface area contributed by atoms with Crippen LogP contribution in [-0.4, -0.2) is 18.9 Å². The van der Waals surface area contributed by atoms with Crippen molar-refractivity contribution in [3.05, 3.63) is 35.4 Å². The van der Waals surface area contributed by atoms with Crippen molar-refractivity contribution in [2.75, 3.05) is 7.05 Å². The number of nitrogens with one attached hydrogen (secondary N) is 2. The van der Waals surface area contributed by atoms with E-state index in [4.69, 9.17) is 0 Å². The van der Waals surface area contributed by atoms with Gasteiger partial charge in [-0.25, -0.2) is 0 Å². The molecule has 4 nitrogen and oxygen atoms in total. The number of carbonyl (C=O) groups is 2. The average Bonchev–Trinajstić information content (AvgIpc) is 2.34. The molecule has 2 amide bonds. The minimum Gasteiger partial charge on any atom is -0.355 e. The monoisotopic (exact) mass is 262 g/mol. The van der Waals surface area contributed by atoms with Crippen molar-refractivity contribution in [2.24, 2.45) is 5.41 Å². The van der Waals surface area contributed by atoms with E-state index in [1.54, 1.807) is 19.2 Å². The fourth-order valence-electron chi connectivity index (χ4n) is 1.71. The summed E-state index contributed by atoms with van der Waals surface area (Å²) < 4.78 is 0. The van der Waals surface area contributed by atoms with E-state index in [2.05, 4.69) is 10.6 Å². The van der Waals surface area contributed by atoms with Crippen molar-refractivity contribution in [1.29, 1.82) is 0 Å². The van der Waals surface area contributed by atoms with E-state index in [-0.39, 0.29) is 17.2 Å². The Morgan fingerprint density at radius 3 is 2.47 bits per heavy atom.